The molecule has 0 aliphatic rings. The molecule has 2 amide bonds. The largest absolute Gasteiger partial charge is 0.463 e. The standard InChI is InChI=1S/C18H24N4O3/c1-13(2)20-16(23)9-11-19-18(24)14(3)25-17-10-12-22(21-17)15-7-5-4-6-8-15/h4-8,10,12-14H,9,11H2,1-3H3,(H,19,24)(H,20,23)/t14-/m1/s1. The van der Waals surface area contributed by atoms with E-state index in [9.17, 15) is 9.59 Å². The Bertz CT molecular complexity index is 697. The smallest absolute Gasteiger partial charge is 0.260 e. The number of rotatable bonds is 8. The molecule has 1 aromatic carbocycles. The highest BCUT2D eigenvalue weighted by molar-refractivity contribution is 5.82. The lowest BCUT2D eigenvalue weighted by Crippen LogP contribution is -2.39. The molecule has 1 atom stereocenters. The molecule has 0 saturated carbocycles. The highest BCUT2D eigenvalue weighted by Gasteiger charge is 2.16. The molecule has 1 aromatic heterocycles. The number of amides is 2. The summed E-state index contributed by atoms with van der Waals surface area (Å²) in [5.41, 5.74) is 0.908. The predicted molar refractivity (Wildman–Crippen MR) is 94.6 cm³/mol. The summed E-state index contributed by atoms with van der Waals surface area (Å²) in [6.07, 6.45) is 1.30. The lowest BCUT2D eigenvalue weighted by atomic mass is 10.3. The van der Waals surface area contributed by atoms with E-state index in [4.69, 9.17) is 4.74 Å². The van der Waals surface area contributed by atoms with Gasteiger partial charge in [-0.15, -0.1) is 5.10 Å². The fourth-order valence-corrected chi connectivity index (χ4v) is 2.17. The van der Waals surface area contributed by atoms with Crippen molar-refractivity contribution < 1.29 is 14.3 Å². The molecule has 0 aliphatic heterocycles. The highest BCUT2D eigenvalue weighted by Crippen LogP contribution is 2.13. The van der Waals surface area contributed by atoms with E-state index in [1.165, 1.54) is 0 Å². The quantitative estimate of drug-likeness (QED) is 0.763. The average Bonchev–Trinajstić information content (AvgIpc) is 3.03. The minimum atomic E-state index is -0.702. The lowest BCUT2D eigenvalue weighted by Gasteiger charge is -2.13. The number of nitrogens with zero attached hydrogens (tertiary/aromatic N) is 2. The first-order chi connectivity index (χ1) is 12.0. The summed E-state index contributed by atoms with van der Waals surface area (Å²) >= 11 is 0. The molecular formula is C18H24N4O3. The molecule has 0 bridgehead atoms. The lowest BCUT2D eigenvalue weighted by molar-refractivity contribution is -0.127. The summed E-state index contributed by atoms with van der Waals surface area (Å²) in [6, 6.07) is 11.4. The average molecular weight is 344 g/mol. The van der Waals surface area contributed by atoms with Crippen molar-refractivity contribution in [2.75, 3.05) is 6.54 Å². The minimum Gasteiger partial charge on any atom is -0.463 e. The number of benzene rings is 1. The number of carbonyl (C=O) groups is 2. The summed E-state index contributed by atoms with van der Waals surface area (Å²) in [5, 5.41) is 9.75. The van der Waals surface area contributed by atoms with Crippen LogP contribution in [-0.2, 0) is 9.59 Å². The summed E-state index contributed by atoms with van der Waals surface area (Å²) in [5.74, 6) is -0.0128. The van der Waals surface area contributed by atoms with Gasteiger partial charge in [0.25, 0.3) is 5.91 Å². The van der Waals surface area contributed by atoms with Crippen molar-refractivity contribution in [1.29, 1.82) is 0 Å². The van der Waals surface area contributed by atoms with Crippen LogP contribution in [0.1, 0.15) is 27.2 Å². The van der Waals surface area contributed by atoms with E-state index in [1.807, 2.05) is 44.2 Å². The molecule has 134 valence electrons. The van der Waals surface area contributed by atoms with Gasteiger partial charge in [-0.2, -0.15) is 0 Å². The Hall–Kier alpha value is -2.83. The molecule has 0 unspecified atom stereocenters. The first-order valence-corrected chi connectivity index (χ1v) is 8.30. The van der Waals surface area contributed by atoms with Crippen LogP contribution in [0.5, 0.6) is 5.88 Å². The van der Waals surface area contributed by atoms with Gasteiger partial charge in [-0.1, -0.05) is 18.2 Å². The number of nitrogens with one attached hydrogen (secondary N) is 2. The number of aromatic nitrogens is 2. The van der Waals surface area contributed by atoms with Crippen molar-refractivity contribution in [3.05, 3.63) is 42.6 Å². The molecule has 2 aromatic rings. The van der Waals surface area contributed by atoms with Crippen LogP contribution in [0.4, 0.5) is 0 Å². The molecule has 1 heterocycles. The third-order valence-electron chi connectivity index (χ3n) is 3.35. The summed E-state index contributed by atoms with van der Waals surface area (Å²) in [7, 11) is 0. The van der Waals surface area contributed by atoms with E-state index in [0.29, 0.717) is 5.88 Å². The van der Waals surface area contributed by atoms with Crippen molar-refractivity contribution in [2.45, 2.75) is 39.3 Å². The Morgan fingerprint density at radius 3 is 2.56 bits per heavy atom. The SMILES string of the molecule is CC(C)NC(=O)CCNC(=O)[C@@H](C)Oc1ccn(-c2ccccc2)n1. The molecule has 2 N–H and O–H groups in total. The van der Waals surface area contributed by atoms with Gasteiger partial charge in [-0.3, -0.25) is 9.59 Å². The van der Waals surface area contributed by atoms with Gasteiger partial charge >= 0.3 is 0 Å². The molecule has 0 radical (unpaired) electrons. The van der Waals surface area contributed by atoms with E-state index < -0.39 is 6.10 Å². The third-order valence-corrected chi connectivity index (χ3v) is 3.35. The summed E-state index contributed by atoms with van der Waals surface area (Å²) in [6.45, 7) is 5.69. The zero-order valence-electron chi connectivity index (χ0n) is 14.7. The Kier molecular flexibility index (Phi) is 6.56. The maximum Gasteiger partial charge on any atom is 0.260 e. The second-order valence-electron chi connectivity index (χ2n) is 5.96. The van der Waals surface area contributed by atoms with E-state index >= 15 is 0 Å². The van der Waals surface area contributed by atoms with Gasteiger partial charge in [-0.25, -0.2) is 4.68 Å². The first-order valence-electron chi connectivity index (χ1n) is 8.30. The van der Waals surface area contributed by atoms with Crippen molar-refractivity contribution in [1.82, 2.24) is 20.4 Å². The number of para-hydroxylation sites is 1. The highest BCUT2D eigenvalue weighted by atomic mass is 16.5. The fraction of sp³-hybridized carbons (Fsp3) is 0.389. The van der Waals surface area contributed by atoms with Gasteiger partial charge in [0.2, 0.25) is 11.8 Å². The Balaban J connectivity index is 1.79. The van der Waals surface area contributed by atoms with Crippen LogP contribution < -0.4 is 15.4 Å². The Morgan fingerprint density at radius 1 is 1.16 bits per heavy atom. The zero-order valence-corrected chi connectivity index (χ0v) is 14.7. The van der Waals surface area contributed by atoms with Crippen molar-refractivity contribution in [3.63, 3.8) is 0 Å². The summed E-state index contributed by atoms with van der Waals surface area (Å²) < 4.78 is 7.23. The third kappa shape index (κ3) is 5.95. The fourth-order valence-electron chi connectivity index (χ4n) is 2.17. The first kappa shape index (κ1) is 18.5. The molecule has 7 heteroatoms. The van der Waals surface area contributed by atoms with E-state index in [2.05, 4.69) is 15.7 Å². The van der Waals surface area contributed by atoms with Crippen LogP contribution in [0, 0.1) is 0 Å². The van der Waals surface area contributed by atoms with Crippen LogP contribution in [0.25, 0.3) is 5.69 Å². The predicted octanol–water partition coefficient (Wildman–Crippen LogP) is 1.67. The van der Waals surface area contributed by atoms with Crippen LogP contribution >= 0.6 is 0 Å². The normalized spacial score (nSPS) is 11.8. The van der Waals surface area contributed by atoms with Gasteiger partial charge in [0.1, 0.15) is 0 Å². The minimum absolute atomic E-state index is 0.0881. The van der Waals surface area contributed by atoms with Gasteiger partial charge in [0.05, 0.1) is 5.69 Å². The van der Waals surface area contributed by atoms with Crippen LogP contribution in [0.3, 0.4) is 0 Å². The maximum absolute atomic E-state index is 12.0. The van der Waals surface area contributed by atoms with Crippen molar-refractivity contribution in [3.8, 4) is 11.6 Å². The zero-order chi connectivity index (χ0) is 18.2. The maximum atomic E-state index is 12.0. The molecule has 2 rings (SSSR count). The van der Waals surface area contributed by atoms with E-state index in [1.54, 1.807) is 23.9 Å². The summed E-state index contributed by atoms with van der Waals surface area (Å²) in [4.78, 5) is 23.6. The van der Waals surface area contributed by atoms with Crippen LogP contribution in [0.15, 0.2) is 42.6 Å². The van der Waals surface area contributed by atoms with Gasteiger partial charge in [0, 0.05) is 31.3 Å². The van der Waals surface area contributed by atoms with Crippen LogP contribution in [0.2, 0.25) is 0 Å². The van der Waals surface area contributed by atoms with Crippen molar-refractivity contribution >= 4 is 11.8 Å². The van der Waals surface area contributed by atoms with E-state index in [0.717, 1.165) is 5.69 Å². The molecule has 0 spiro atoms. The van der Waals surface area contributed by atoms with Crippen molar-refractivity contribution in [2.24, 2.45) is 0 Å². The second-order valence-corrected chi connectivity index (χ2v) is 5.96. The number of ether oxygens (including phenoxy) is 1. The molecule has 7 nitrogen and oxygen atoms in total. The molecule has 25 heavy (non-hydrogen) atoms. The van der Waals surface area contributed by atoms with Gasteiger partial charge in [0.15, 0.2) is 6.10 Å². The topological polar surface area (TPSA) is 85.3 Å². The second kappa shape index (κ2) is 8.86. The molecule has 0 saturated heterocycles. The Labute approximate surface area is 147 Å². The van der Waals surface area contributed by atoms with E-state index in [-0.39, 0.29) is 30.8 Å². The molecule has 0 aliphatic carbocycles. The Morgan fingerprint density at radius 2 is 1.88 bits per heavy atom. The number of carbonyl (C=O) groups excluding carboxylic acids is 2. The monoisotopic (exact) mass is 344 g/mol. The van der Waals surface area contributed by atoms with Gasteiger partial charge in [-0.05, 0) is 32.9 Å². The number of hydrogen-bond acceptors (Lipinski definition) is 4. The molecule has 0 fully saturated rings. The number of hydrogen-bond donors (Lipinski definition) is 2. The van der Waals surface area contributed by atoms with Crippen LogP contribution in [-0.4, -0.2) is 40.3 Å². The molecular weight excluding hydrogens is 320 g/mol. The van der Waals surface area contributed by atoms with Gasteiger partial charge < -0.3 is 15.4 Å².